The lowest BCUT2D eigenvalue weighted by atomic mass is 10.2. The quantitative estimate of drug-likeness (QED) is 0.783. The lowest BCUT2D eigenvalue weighted by molar-refractivity contribution is 0.0481. The molecule has 1 aromatic rings. The summed E-state index contributed by atoms with van der Waals surface area (Å²) in [6.45, 7) is 2.58. The van der Waals surface area contributed by atoms with Gasteiger partial charge in [-0.2, -0.15) is 0 Å². The standard InChI is InChI=1S/C13H16O4S/c1-9-7-11(9)8-17-13(14)10-3-5-12(6-4-10)18(2,15)16/h3-6,9,11H,7-8H2,1-2H3. The van der Waals surface area contributed by atoms with Gasteiger partial charge in [-0.15, -0.1) is 0 Å². The second-order valence-electron chi connectivity index (χ2n) is 4.87. The molecule has 1 saturated carbocycles. The van der Waals surface area contributed by atoms with E-state index in [9.17, 15) is 13.2 Å². The molecule has 0 amide bonds. The summed E-state index contributed by atoms with van der Waals surface area (Å²) < 4.78 is 27.7. The van der Waals surface area contributed by atoms with Crippen molar-refractivity contribution in [2.75, 3.05) is 12.9 Å². The summed E-state index contributed by atoms with van der Waals surface area (Å²) in [4.78, 5) is 11.9. The molecule has 2 rings (SSSR count). The molecule has 0 bridgehead atoms. The van der Waals surface area contributed by atoms with Crippen LogP contribution < -0.4 is 0 Å². The Morgan fingerprint density at radius 1 is 1.33 bits per heavy atom. The number of benzene rings is 1. The van der Waals surface area contributed by atoms with Crippen molar-refractivity contribution < 1.29 is 17.9 Å². The minimum absolute atomic E-state index is 0.204. The second-order valence-corrected chi connectivity index (χ2v) is 6.88. The van der Waals surface area contributed by atoms with Gasteiger partial charge in [-0.3, -0.25) is 0 Å². The van der Waals surface area contributed by atoms with Crippen LogP contribution in [0.4, 0.5) is 0 Å². The molecule has 4 nitrogen and oxygen atoms in total. The Hall–Kier alpha value is -1.36. The van der Waals surface area contributed by atoms with Crippen LogP contribution in [0.1, 0.15) is 23.7 Å². The molecule has 18 heavy (non-hydrogen) atoms. The number of sulfone groups is 1. The van der Waals surface area contributed by atoms with E-state index in [0.717, 1.165) is 12.7 Å². The van der Waals surface area contributed by atoms with Gasteiger partial charge < -0.3 is 4.74 Å². The van der Waals surface area contributed by atoms with Gasteiger partial charge in [0, 0.05) is 6.26 Å². The SMILES string of the molecule is CC1CC1COC(=O)c1ccc(S(C)(=O)=O)cc1. The Balaban J connectivity index is 1.98. The van der Waals surface area contributed by atoms with Crippen molar-refractivity contribution in [1.29, 1.82) is 0 Å². The monoisotopic (exact) mass is 268 g/mol. The third-order valence-electron chi connectivity index (χ3n) is 3.22. The van der Waals surface area contributed by atoms with E-state index in [0.29, 0.717) is 24.0 Å². The van der Waals surface area contributed by atoms with Gasteiger partial charge >= 0.3 is 5.97 Å². The number of ether oxygens (including phenoxy) is 1. The van der Waals surface area contributed by atoms with Crippen molar-refractivity contribution >= 4 is 15.8 Å². The van der Waals surface area contributed by atoms with Gasteiger partial charge in [0.25, 0.3) is 0 Å². The fraction of sp³-hybridized carbons (Fsp3) is 0.462. The first-order chi connectivity index (χ1) is 8.38. The van der Waals surface area contributed by atoms with Crippen LogP contribution >= 0.6 is 0 Å². The summed E-state index contributed by atoms with van der Waals surface area (Å²) in [7, 11) is -3.22. The summed E-state index contributed by atoms with van der Waals surface area (Å²) in [5, 5.41) is 0. The number of rotatable bonds is 4. The first-order valence-electron chi connectivity index (χ1n) is 5.85. The molecule has 1 aromatic carbocycles. The van der Waals surface area contributed by atoms with Gasteiger partial charge in [0.2, 0.25) is 0 Å². The van der Waals surface area contributed by atoms with E-state index >= 15 is 0 Å². The van der Waals surface area contributed by atoms with E-state index in [4.69, 9.17) is 4.74 Å². The third kappa shape index (κ3) is 3.10. The molecule has 1 aliphatic carbocycles. The molecular weight excluding hydrogens is 252 g/mol. The van der Waals surface area contributed by atoms with E-state index in [1.807, 2.05) is 0 Å². The summed E-state index contributed by atoms with van der Waals surface area (Å²) in [6.07, 6.45) is 2.25. The summed E-state index contributed by atoms with van der Waals surface area (Å²) in [6, 6.07) is 5.81. The van der Waals surface area contributed by atoms with Crippen LogP contribution in [0.25, 0.3) is 0 Å². The fourth-order valence-corrected chi connectivity index (χ4v) is 2.37. The topological polar surface area (TPSA) is 60.4 Å². The van der Waals surface area contributed by atoms with Gasteiger partial charge in [0.15, 0.2) is 9.84 Å². The number of esters is 1. The molecule has 1 aliphatic rings. The molecule has 0 spiro atoms. The highest BCUT2D eigenvalue weighted by atomic mass is 32.2. The number of hydrogen-bond donors (Lipinski definition) is 0. The Bertz CT molecular complexity index is 545. The Morgan fingerprint density at radius 3 is 2.33 bits per heavy atom. The maximum absolute atomic E-state index is 11.7. The van der Waals surface area contributed by atoms with Crippen molar-refractivity contribution in [2.45, 2.75) is 18.2 Å². The highest BCUT2D eigenvalue weighted by molar-refractivity contribution is 7.90. The molecular formula is C13H16O4S. The van der Waals surface area contributed by atoms with Crippen molar-refractivity contribution in [3.63, 3.8) is 0 Å². The molecule has 0 radical (unpaired) electrons. The molecule has 2 atom stereocenters. The lowest BCUT2D eigenvalue weighted by Gasteiger charge is -2.04. The summed E-state index contributed by atoms with van der Waals surface area (Å²) in [5.41, 5.74) is 0.385. The average molecular weight is 268 g/mol. The molecule has 0 N–H and O–H groups in total. The van der Waals surface area contributed by atoms with E-state index in [-0.39, 0.29) is 4.90 Å². The minimum Gasteiger partial charge on any atom is -0.462 e. The molecule has 0 saturated heterocycles. The zero-order valence-corrected chi connectivity index (χ0v) is 11.2. The predicted octanol–water partition coefficient (Wildman–Crippen LogP) is 1.90. The number of carbonyl (C=O) groups is 1. The van der Waals surface area contributed by atoms with E-state index in [1.165, 1.54) is 24.3 Å². The Morgan fingerprint density at radius 2 is 1.89 bits per heavy atom. The summed E-state index contributed by atoms with van der Waals surface area (Å²) in [5.74, 6) is 0.740. The lowest BCUT2D eigenvalue weighted by Crippen LogP contribution is -2.08. The van der Waals surface area contributed by atoms with E-state index in [1.54, 1.807) is 0 Å². The van der Waals surface area contributed by atoms with Crippen LogP contribution in [0.3, 0.4) is 0 Å². The van der Waals surface area contributed by atoms with Crippen LogP contribution in [0, 0.1) is 11.8 Å². The van der Waals surface area contributed by atoms with Crippen LogP contribution in [0.15, 0.2) is 29.2 Å². The van der Waals surface area contributed by atoms with Gasteiger partial charge in [0.05, 0.1) is 17.1 Å². The fourth-order valence-electron chi connectivity index (χ4n) is 1.74. The Labute approximate surface area is 107 Å². The first kappa shape index (κ1) is 13.1. The van der Waals surface area contributed by atoms with Crippen LogP contribution in [-0.2, 0) is 14.6 Å². The van der Waals surface area contributed by atoms with Gasteiger partial charge in [-0.25, -0.2) is 13.2 Å². The van der Waals surface area contributed by atoms with Crippen LogP contribution in [-0.4, -0.2) is 27.2 Å². The zero-order valence-electron chi connectivity index (χ0n) is 10.4. The van der Waals surface area contributed by atoms with Crippen LogP contribution in [0.5, 0.6) is 0 Å². The smallest absolute Gasteiger partial charge is 0.338 e. The maximum Gasteiger partial charge on any atom is 0.338 e. The van der Waals surface area contributed by atoms with Crippen molar-refractivity contribution in [2.24, 2.45) is 11.8 Å². The number of hydrogen-bond acceptors (Lipinski definition) is 4. The molecule has 1 fully saturated rings. The number of carbonyl (C=O) groups excluding carboxylic acids is 1. The van der Waals surface area contributed by atoms with Crippen molar-refractivity contribution in [3.05, 3.63) is 29.8 Å². The molecule has 98 valence electrons. The van der Waals surface area contributed by atoms with Gasteiger partial charge in [0.1, 0.15) is 0 Å². The van der Waals surface area contributed by atoms with Gasteiger partial charge in [-0.1, -0.05) is 6.92 Å². The summed E-state index contributed by atoms with van der Waals surface area (Å²) >= 11 is 0. The van der Waals surface area contributed by atoms with Crippen molar-refractivity contribution in [1.82, 2.24) is 0 Å². The zero-order chi connectivity index (χ0) is 13.3. The maximum atomic E-state index is 11.7. The Kier molecular flexibility index (Phi) is 3.43. The highest BCUT2D eigenvalue weighted by Crippen LogP contribution is 2.37. The highest BCUT2D eigenvalue weighted by Gasteiger charge is 2.33. The second kappa shape index (κ2) is 4.72. The molecule has 2 unspecified atom stereocenters. The van der Waals surface area contributed by atoms with Crippen molar-refractivity contribution in [3.8, 4) is 0 Å². The first-order valence-corrected chi connectivity index (χ1v) is 7.74. The molecule has 5 heteroatoms. The normalized spacial score (nSPS) is 22.6. The third-order valence-corrected chi connectivity index (χ3v) is 4.35. The van der Waals surface area contributed by atoms with E-state index in [2.05, 4.69) is 6.92 Å². The van der Waals surface area contributed by atoms with Gasteiger partial charge in [-0.05, 0) is 42.5 Å². The predicted molar refractivity (Wildman–Crippen MR) is 67.1 cm³/mol. The van der Waals surface area contributed by atoms with Crippen LogP contribution in [0.2, 0.25) is 0 Å². The average Bonchev–Trinajstić information content (AvgIpc) is 3.01. The molecule has 0 heterocycles. The molecule has 0 aliphatic heterocycles. The van der Waals surface area contributed by atoms with E-state index < -0.39 is 15.8 Å². The largest absolute Gasteiger partial charge is 0.462 e. The minimum atomic E-state index is -3.22. The molecule has 0 aromatic heterocycles.